The number of aryl methyl sites for hydroxylation is 4. The van der Waals surface area contributed by atoms with Crippen molar-refractivity contribution in [3.05, 3.63) is 69.8 Å². The van der Waals surface area contributed by atoms with E-state index in [0.29, 0.717) is 6.04 Å². The molecule has 1 heteroatoms. The standard InChI is InChI=1S/C22H29N/c1-15-9-16(2)12-19(11-15)22(5,21-7-6-8-23-21)20-13-17(3)10-18(4)14-20/h9-14,21,23H,6-8H2,1-5H3/t21-/m0/s1. The average molecular weight is 307 g/mol. The van der Waals surface area contributed by atoms with Crippen LogP contribution in [0.3, 0.4) is 0 Å². The summed E-state index contributed by atoms with van der Waals surface area (Å²) in [6, 6.07) is 14.6. The van der Waals surface area contributed by atoms with Crippen molar-refractivity contribution in [3.63, 3.8) is 0 Å². The second kappa shape index (κ2) is 6.13. The predicted octanol–water partition coefficient (Wildman–Crippen LogP) is 4.98. The molecule has 1 N–H and O–H groups in total. The van der Waals surface area contributed by atoms with E-state index in [2.05, 4.69) is 76.3 Å². The van der Waals surface area contributed by atoms with Crippen molar-refractivity contribution in [2.75, 3.05) is 6.54 Å². The minimum absolute atomic E-state index is 0.0179. The van der Waals surface area contributed by atoms with Crippen LogP contribution in [0.5, 0.6) is 0 Å². The average Bonchev–Trinajstić information content (AvgIpc) is 2.98. The summed E-state index contributed by atoms with van der Waals surface area (Å²) >= 11 is 0. The molecule has 23 heavy (non-hydrogen) atoms. The third-order valence-corrected chi connectivity index (χ3v) is 5.40. The van der Waals surface area contributed by atoms with E-state index in [9.17, 15) is 0 Å². The van der Waals surface area contributed by atoms with Crippen molar-refractivity contribution in [1.29, 1.82) is 0 Å². The van der Waals surface area contributed by atoms with Crippen LogP contribution in [0, 0.1) is 27.7 Å². The van der Waals surface area contributed by atoms with E-state index in [4.69, 9.17) is 0 Å². The molecule has 1 aliphatic heterocycles. The first kappa shape index (κ1) is 16.3. The zero-order valence-electron chi connectivity index (χ0n) is 15.2. The smallest absolute Gasteiger partial charge is 0.0328 e. The zero-order valence-corrected chi connectivity index (χ0v) is 15.2. The molecule has 0 amide bonds. The lowest BCUT2D eigenvalue weighted by Crippen LogP contribution is -2.44. The molecule has 0 radical (unpaired) electrons. The lowest BCUT2D eigenvalue weighted by atomic mass is 9.69. The number of hydrogen-bond donors (Lipinski definition) is 1. The van der Waals surface area contributed by atoms with Crippen LogP contribution in [0.15, 0.2) is 36.4 Å². The summed E-state index contributed by atoms with van der Waals surface area (Å²) in [6.07, 6.45) is 2.52. The largest absolute Gasteiger partial charge is 0.313 e. The maximum Gasteiger partial charge on any atom is 0.0328 e. The van der Waals surface area contributed by atoms with Crippen molar-refractivity contribution in [2.24, 2.45) is 0 Å². The Balaban J connectivity index is 2.21. The van der Waals surface area contributed by atoms with Crippen molar-refractivity contribution in [1.82, 2.24) is 5.32 Å². The van der Waals surface area contributed by atoms with Crippen LogP contribution < -0.4 is 5.32 Å². The van der Waals surface area contributed by atoms with Crippen LogP contribution in [0.1, 0.15) is 53.1 Å². The van der Waals surface area contributed by atoms with Crippen LogP contribution in [0.25, 0.3) is 0 Å². The van der Waals surface area contributed by atoms with E-state index in [1.807, 2.05) is 0 Å². The number of rotatable bonds is 3. The molecule has 1 aliphatic rings. The van der Waals surface area contributed by atoms with Crippen LogP contribution in [0.4, 0.5) is 0 Å². The molecule has 0 aliphatic carbocycles. The van der Waals surface area contributed by atoms with Gasteiger partial charge in [-0.15, -0.1) is 0 Å². The summed E-state index contributed by atoms with van der Waals surface area (Å²) in [5.41, 5.74) is 8.33. The van der Waals surface area contributed by atoms with Gasteiger partial charge in [0.15, 0.2) is 0 Å². The molecule has 1 nitrogen and oxygen atoms in total. The van der Waals surface area contributed by atoms with E-state index in [1.54, 1.807) is 0 Å². The van der Waals surface area contributed by atoms with Gasteiger partial charge in [0.25, 0.3) is 0 Å². The van der Waals surface area contributed by atoms with E-state index in [1.165, 1.54) is 46.2 Å². The van der Waals surface area contributed by atoms with Gasteiger partial charge in [-0.2, -0.15) is 0 Å². The minimum atomic E-state index is 0.0179. The first-order valence-corrected chi connectivity index (χ1v) is 8.80. The Bertz CT molecular complexity index is 616. The van der Waals surface area contributed by atoms with Crippen LogP contribution >= 0.6 is 0 Å². The molecule has 0 aromatic heterocycles. The summed E-state index contributed by atoms with van der Waals surface area (Å²) in [5.74, 6) is 0. The molecule has 1 heterocycles. The lowest BCUT2D eigenvalue weighted by molar-refractivity contribution is 0.406. The third-order valence-electron chi connectivity index (χ3n) is 5.40. The Kier molecular flexibility index (Phi) is 4.33. The van der Waals surface area contributed by atoms with Gasteiger partial charge in [0, 0.05) is 11.5 Å². The van der Waals surface area contributed by atoms with Gasteiger partial charge in [0.1, 0.15) is 0 Å². The monoisotopic (exact) mass is 307 g/mol. The summed E-state index contributed by atoms with van der Waals surface area (Å²) in [7, 11) is 0. The molecule has 122 valence electrons. The van der Waals surface area contributed by atoms with Crippen molar-refractivity contribution in [2.45, 2.75) is 58.9 Å². The zero-order chi connectivity index (χ0) is 16.6. The van der Waals surface area contributed by atoms with Gasteiger partial charge >= 0.3 is 0 Å². The van der Waals surface area contributed by atoms with Gasteiger partial charge in [-0.3, -0.25) is 0 Å². The Morgan fingerprint density at radius 3 is 1.57 bits per heavy atom. The molecular weight excluding hydrogens is 278 g/mol. The number of benzene rings is 2. The molecule has 1 saturated heterocycles. The van der Waals surface area contributed by atoms with Crippen molar-refractivity contribution < 1.29 is 0 Å². The Hall–Kier alpha value is -1.60. The van der Waals surface area contributed by atoms with Crippen LogP contribution in [0.2, 0.25) is 0 Å². The van der Waals surface area contributed by atoms with Gasteiger partial charge in [0.2, 0.25) is 0 Å². The Morgan fingerprint density at radius 2 is 1.22 bits per heavy atom. The highest BCUT2D eigenvalue weighted by molar-refractivity contribution is 5.46. The Morgan fingerprint density at radius 1 is 0.783 bits per heavy atom. The highest BCUT2D eigenvalue weighted by Crippen LogP contribution is 2.40. The maximum absolute atomic E-state index is 3.77. The van der Waals surface area contributed by atoms with Crippen molar-refractivity contribution in [3.8, 4) is 0 Å². The fourth-order valence-electron chi connectivity index (χ4n) is 4.30. The molecule has 0 saturated carbocycles. The molecule has 1 atom stereocenters. The Labute approximate surface area is 141 Å². The minimum Gasteiger partial charge on any atom is -0.313 e. The predicted molar refractivity (Wildman–Crippen MR) is 99.3 cm³/mol. The highest BCUT2D eigenvalue weighted by Gasteiger charge is 2.39. The molecule has 1 fully saturated rings. The van der Waals surface area contributed by atoms with Gasteiger partial charge < -0.3 is 5.32 Å². The van der Waals surface area contributed by atoms with E-state index < -0.39 is 0 Å². The topological polar surface area (TPSA) is 12.0 Å². The lowest BCUT2D eigenvalue weighted by Gasteiger charge is -2.38. The SMILES string of the molecule is Cc1cc(C)cc(C(C)(c2cc(C)cc(C)c2)[C@@H]2CCCN2)c1. The first-order chi connectivity index (χ1) is 10.9. The summed E-state index contributed by atoms with van der Waals surface area (Å²) in [5, 5.41) is 3.77. The molecule has 0 unspecified atom stereocenters. The third kappa shape index (κ3) is 3.07. The molecule has 0 spiro atoms. The highest BCUT2D eigenvalue weighted by atomic mass is 15.0. The molecule has 3 rings (SSSR count). The second-order valence-electron chi connectivity index (χ2n) is 7.60. The molecular formula is C22H29N. The maximum atomic E-state index is 3.77. The van der Waals surface area contributed by atoms with Gasteiger partial charge in [-0.25, -0.2) is 0 Å². The fraction of sp³-hybridized carbons (Fsp3) is 0.455. The van der Waals surface area contributed by atoms with E-state index in [-0.39, 0.29) is 5.41 Å². The number of nitrogens with one attached hydrogen (secondary N) is 1. The van der Waals surface area contributed by atoms with Crippen molar-refractivity contribution >= 4 is 0 Å². The quantitative estimate of drug-likeness (QED) is 0.843. The normalized spacial score (nSPS) is 18.4. The van der Waals surface area contributed by atoms with E-state index >= 15 is 0 Å². The number of hydrogen-bond acceptors (Lipinski definition) is 1. The first-order valence-electron chi connectivity index (χ1n) is 8.80. The van der Waals surface area contributed by atoms with Gasteiger partial charge in [-0.05, 0) is 65.1 Å². The van der Waals surface area contributed by atoms with Crippen LogP contribution in [-0.2, 0) is 5.41 Å². The summed E-state index contributed by atoms with van der Waals surface area (Å²) in [4.78, 5) is 0. The molecule has 0 bridgehead atoms. The second-order valence-corrected chi connectivity index (χ2v) is 7.60. The van der Waals surface area contributed by atoms with Crippen LogP contribution in [-0.4, -0.2) is 12.6 Å². The molecule has 2 aromatic carbocycles. The summed E-state index contributed by atoms with van der Waals surface area (Å²) < 4.78 is 0. The fourth-order valence-corrected chi connectivity index (χ4v) is 4.30. The van der Waals surface area contributed by atoms with Gasteiger partial charge in [-0.1, -0.05) is 58.7 Å². The molecule has 2 aromatic rings. The van der Waals surface area contributed by atoms with Gasteiger partial charge in [0.05, 0.1) is 0 Å². The van der Waals surface area contributed by atoms with E-state index in [0.717, 1.165) is 6.54 Å². The summed E-state index contributed by atoms with van der Waals surface area (Å²) in [6.45, 7) is 12.4.